The molecule has 0 spiro atoms. The van der Waals surface area contributed by atoms with Crippen LogP contribution in [0.4, 0.5) is 0 Å². The number of imide groups is 1. The van der Waals surface area contributed by atoms with Crippen LogP contribution in [0.2, 0.25) is 0 Å². The van der Waals surface area contributed by atoms with Crippen molar-refractivity contribution < 1.29 is 14.4 Å². The number of carbonyl (C=O) groups excluding carboxylic acids is 3. The first kappa shape index (κ1) is 23.0. The van der Waals surface area contributed by atoms with Gasteiger partial charge in [0.1, 0.15) is 0 Å². The Morgan fingerprint density at radius 1 is 1.19 bits per heavy atom. The van der Waals surface area contributed by atoms with Crippen LogP contribution < -0.4 is 0 Å². The summed E-state index contributed by atoms with van der Waals surface area (Å²) in [5.74, 6) is 0.543. The quantitative estimate of drug-likeness (QED) is 0.402. The molecule has 1 rings (SSSR count). The molecule has 0 radical (unpaired) electrons. The molecule has 1 aliphatic heterocycles. The number of hydrogen-bond acceptors (Lipinski definition) is 4. The summed E-state index contributed by atoms with van der Waals surface area (Å²) in [7, 11) is 1.86. The lowest BCUT2D eigenvalue weighted by Crippen LogP contribution is -2.38. The van der Waals surface area contributed by atoms with E-state index in [1.165, 1.54) is 4.90 Å². The van der Waals surface area contributed by atoms with Crippen molar-refractivity contribution in [3.63, 3.8) is 0 Å². The van der Waals surface area contributed by atoms with Gasteiger partial charge in [0.15, 0.2) is 0 Å². The normalized spacial score (nSPS) is 20.0. The van der Waals surface area contributed by atoms with Crippen molar-refractivity contribution in [2.24, 2.45) is 5.92 Å². The smallest absolute Gasteiger partial charge is 0.242 e. The van der Waals surface area contributed by atoms with Gasteiger partial charge >= 0.3 is 0 Å². The highest BCUT2D eigenvalue weighted by molar-refractivity contribution is 8.01. The molecule has 0 aromatic rings. The number of hydrogen-bond donors (Lipinski definition) is 0. The Morgan fingerprint density at radius 2 is 1.85 bits per heavy atom. The minimum atomic E-state index is -0.204. The van der Waals surface area contributed by atoms with Crippen LogP contribution in [0.1, 0.15) is 73.1 Å². The lowest BCUT2D eigenvalue weighted by atomic mass is 10.0. The number of nitrogens with zero attached hydrogens (tertiary/aromatic N) is 2. The molecule has 0 N–H and O–H groups in total. The summed E-state index contributed by atoms with van der Waals surface area (Å²) in [6, 6.07) is 0.238. The molecule has 1 aliphatic rings. The third kappa shape index (κ3) is 6.60. The van der Waals surface area contributed by atoms with Crippen molar-refractivity contribution in [1.82, 2.24) is 9.80 Å². The van der Waals surface area contributed by atoms with E-state index in [-0.39, 0.29) is 29.0 Å². The molecule has 0 saturated carbocycles. The molecule has 3 amide bonds. The van der Waals surface area contributed by atoms with Crippen molar-refractivity contribution in [1.29, 1.82) is 0 Å². The summed E-state index contributed by atoms with van der Waals surface area (Å²) in [5.41, 5.74) is 0. The molecule has 0 bridgehead atoms. The van der Waals surface area contributed by atoms with E-state index in [9.17, 15) is 14.4 Å². The SMILES string of the molecule is CCC(C)SC1CC(=O)N(CCCCCC(=O)N(C)C(C)C(C)C)C1=O. The van der Waals surface area contributed by atoms with E-state index in [4.69, 9.17) is 0 Å². The molecule has 26 heavy (non-hydrogen) atoms. The molecule has 3 unspecified atom stereocenters. The summed E-state index contributed by atoms with van der Waals surface area (Å²) in [4.78, 5) is 39.9. The van der Waals surface area contributed by atoms with Gasteiger partial charge in [0, 0.05) is 37.7 Å². The predicted octanol–water partition coefficient (Wildman–Crippen LogP) is 3.71. The van der Waals surface area contributed by atoms with Gasteiger partial charge in [0.25, 0.3) is 0 Å². The Balaban J connectivity index is 2.30. The molecular formula is C20H36N2O3S. The van der Waals surface area contributed by atoms with Crippen molar-refractivity contribution >= 4 is 29.5 Å². The number of carbonyl (C=O) groups is 3. The Bertz CT molecular complexity index is 495. The minimum absolute atomic E-state index is 0.0260. The highest BCUT2D eigenvalue weighted by atomic mass is 32.2. The fraction of sp³-hybridized carbons (Fsp3) is 0.850. The van der Waals surface area contributed by atoms with Gasteiger partial charge in [0.2, 0.25) is 17.7 Å². The fourth-order valence-electron chi connectivity index (χ4n) is 2.94. The first-order valence-electron chi connectivity index (χ1n) is 9.94. The highest BCUT2D eigenvalue weighted by Crippen LogP contribution is 2.29. The van der Waals surface area contributed by atoms with Gasteiger partial charge in [-0.3, -0.25) is 19.3 Å². The van der Waals surface area contributed by atoms with Crippen molar-refractivity contribution in [2.45, 2.75) is 89.7 Å². The van der Waals surface area contributed by atoms with Crippen LogP contribution in [0, 0.1) is 5.92 Å². The molecule has 6 heteroatoms. The monoisotopic (exact) mass is 384 g/mol. The van der Waals surface area contributed by atoms with Gasteiger partial charge in [-0.1, -0.05) is 34.1 Å². The van der Waals surface area contributed by atoms with Crippen LogP contribution in [0.25, 0.3) is 0 Å². The van der Waals surface area contributed by atoms with E-state index < -0.39 is 0 Å². The van der Waals surface area contributed by atoms with Crippen LogP contribution >= 0.6 is 11.8 Å². The van der Waals surface area contributed by atoms with Gasteiger partial charge in [0.05, 0.1) is 5.25 Å². The molecule has 1 saturated heterocycles. The van der Waals surface area contributed by atoms with Crippen LogP contribution in [-0.4, -0.2) is 57.7 Å². The summed E-state index contributed by atoms with van der Waals surface area (Å²) in [5, 5.41) is 0.193. The standard InChI is InChI=1S/C20H36N2O3S/c1-7-15(4)26-17-13-19(24)22(20(17)25)12-10-8-9-11-18(23)21(6)16(5)14(2)3/h14-17H,7-13H2,1-6H3. The van der Waals surface area contributed by atoms with E-state index in [0.717, 1.165) is 25.7 Å². The van der Waals surface area contributed by atoms with Gasteiger partial charge in [-0.05, 0) is 32.1 Å². The van der Waals surface area contributed by atoms with E-state index in [1.54, 1.807) is 11.8 Å². The zero-order valence-electron chi connectivity index (χ0n) is 17.3. The zero-order chi connectivity index (χ0) is 19.9. The summed E-state index contributed by atoms with van der Waals surface area (Å²) in [6.07, 6.45) is 4.30. The van der Waals surface area contributed by atoms with Crippen LogP contribution in [-0.2, 0) is 14.4 Å². The Labute approximate surface area is 163 Å². The average Bonchev–Trinajstić information content (AvgIpc) is 2.86. The predicted molar refractivity (Wildman–Crippen MR) is 108 cm³/mol. The molecule has 3 atom stereocenters. The maximum atomic E-state index is 12.4. The van der Waals surface area contributed by atoms with Crippen molar-refractivity contribution in [3.8, 4) is 0 Å². The molecule has 1 heterocycles. The molecule has 0 aliphatic carbocycles. The van der Waals surface area contributed by atoms with Crippen LogP contribution in [0.3, 0.4) is 0 Å². The highest BCUT2D eigenvalue weighted by Gasteiger charge is 2.38. The fourth-order valence-corrected chi connectivity index (χ4v) is 4.18. The molecule has 5 nitrogen and oxygen atoms in total. The second kappa shape index (κ2) is 11.0. The topological polar surface area (TPSA) is 57.7 Å². The van der Waals surface area contributed by atoms with Gasteiger partial charge in [-0.15, -0.1) is 11.8 Å². The molecule has 1 fully saturated rings. The molecule has 0 aromatic heterocycles. The second-order valence-electron chi connectivity index (χ2n) is 7.73. The summed E-state index contributed by atoms with van der Waals surface area (Å²) >= 11 is 1.62. The lowest BCUT2D eigenvalue weighted by molar-refractivity contribution is -0.138. The Hall–Kier alpha value is -1.04. The van der Waals surface area contributed by atoms with Gasteiger partial charge < -0.3 is 4.90 Å². The lowest BCUT2D eigenvalue weighted by Gasteiger charge is -2.28. The third-order valence-corrected chi connectivity index (χ3v) is 6.91. The zero-order valence-corrected chi connectivity index (χ0v) is 18.1. The number of amides is 3. The summed E-state index contributed by atoms with van der Waals surface area (Å²) < 4.78 is 0. The van der Waals surface area contributed by atoms with Crippen LogP contribution in [0.15, 0.2) is 0 Å². The maximum Gasteiger partial charge on any atom is 0.242 e. The molecular weight excluding hydrogens is 348 g/mol. The third-order valence-electron chi connectivity index (χ3n) is 5.42. The summed E-state index contributed by atoms with van der Waals surface area (Å²) in [6.45, 7) is 11.0. The largest absolute Gasteiger partial charge is 0.343 e. The molecule has 150 valence electrons. The number of unbranched alkanes of at least 4 members (excludes halogenated alkanes) is 2. The van der Waals surface area contributed by atoms with E-state index in [0.29, 0.717) is 30.6 Å². The van der Waals surface area contributed by atoms with Gasteiger partial charge in [-0.2, -0.15) is 0 Å². The van der Waals surface area contributed by atoms with Crippen molar-refractivity contribution in [3.05, 3.63) is 0 Å². The first-order chi connectivity index (χ1) is 12.2. The van der Waals surface area contributed by atoms with E-state index >= 15 is 0 Å². The van der Waals surface area contributed by atoms with Crippen molar-refractivity contribution in [2.75, 3.05) is 13.6 Å². The first-order valence-corrected chi connectivity index (χ1v) is 10.9. The van der Waals surface area contributed by atoms with E-state index in [2.05, 4.69) is 34.6 Å². The number of thioether (sulfide) groups is 1. The Morgan fingerprint density at radius 3 is 2.42 bits per heavy atom. The Kier molecular flexibility index (Phi) is 9.69. The average molecular weight is 385 g/mol. The van der Waals surface area contributed by atoms with Gasteiger partial charge in [-0.25, -0.2) is 0 Å². The minimum Gasteiger partial charge on any atom is -0.343 e. The maximum absolute atomic E-state index is 12.4. The number of likely N-dealkylation sites (tertiary alicyclic amines) is 1. The second-order valence-corrected chi connectivity index (χ2v) is 9.38. The van der Waals surface area contributed by atoms with Crippen LogP contribution in [0.5, 0.6) is 0 Å². The van der Waals surface area contributed by atoms with E-state index in [1.807, 2.05) is 11.9 Å². The molecule has 0 aromatic carbocycles. The number of rotatable bonds is 11.